The minimum absolute atomic E-state index is 0.519. The smallest absolute Gasteiger partial charge is 0.320 e. The molecule has 0 saturated carbocycles. The number of hydrogen-bond donors (Lipinski definition) is 2. The molecule has 1 rings (SSSR count). The average molecular weight is 272 g/mol. The second kappa shape index (κ2) is 5.88. The number of benzene rings is 1. The second-order valence-electron chi connectivity index (χ2n) is 3.46. The van der Waals surface area contributed by atoms with Crippen molar-refractivity contribution in [2.75, 3.05) is 0 Å². The summed E-state index contributed by atoms with van der Waals surface area (Å²) in [5, 5.41) is 8.58. The summed E-state index contributed by atoms with van der Waals surface area (Å²) in [5.41, 5.74) is 6.60. The quantitative estimate of drug-likeness (QED) is 0.863. The van der Waals surface area contributed by atoms with Crippen molar-refractivity contribution < 1.29 is 9.90 Å². The molecule has 4 heteroatoms. The minimum atomic E-state index is -0.925. The monoisotopic (exact) mass is 271 g/mol. The van der Waals surface area contributed by atoms with Gasteiger partial charge >= 0.3 is 5.97 Å². The van der Waals surface area contributed by atoms with Crippen molar-refractivity contribution in [3.63, 3.8) is 0 Å². The molecule has 82 valence electrons. The van der Waals surface area contributed by atoms with E-state index in [1.165, 1.54) is 5.56 Å². The zero-order chi connectivity index (χ0) is 11.3. The van der Waals surface area contributed by atoms with Crippen molar-refractivity contribution in [1.29, 1.82) is 0 Å². The maximum absolute atomic E-state index is 10.5. The third kappa shape index (κ3) is 4.44. The second-order valence-corrected chi connectivity index (χ2v) is 4.38. The summed E-state index contributed by atoms with van der Waals surface area (Å²) in [6.45, 7) is 0. The molecule has 0 heterocycles. The summed E-state index contributed by atoms with van der Waals surface area (Å²) in [6, 6.07) is 7.27. The topological polar surface area (TPSA) is 63.3 Å². The minimum Gasteiger partial charge on any atom is -0.480 e. The molecule has 0 spiro atoms. The summed E-state index contributed by atoms with van der Waals surface area (Å²) in [5.74, 6) is -0.925. The van der Waals surface area contributed by atoms with E-state index in [1.54, 1.807) is 0 Å². The van der Waals surface area contributed by atoms with Gasteiger partial charge in [-0.3, -0.25) is 4.79 Å². The lowest BCUT2D eigenvalue weighted by Crippen LogP contribution is -2.29. The van der Waals surface area contributed by atoms with E-state index < -0.39 is 12.0 Å². The zero-order valence-electron chi connectivity index (χ0n) is 8.32. The molecule has 0 radical (unpaired) electrons. The molecule has 1 aromatic carbocycles. The molecule has 0 bridgehead atoms. The Hall–Kier alpha value is -0.870. The highest BCUT2D eigenvalue weighted by molar-refractivity contribution is 9.10. The van der Waals surface area contributed by atoms with E-state index in [4.69, 9.17) is 10.8 Å². The lowest BCUT2D eigenvalue weighted by molar-refractivity contribution is -0.138. The highest BCUT2D eigenvalue weighted by atomic mass is 79.9. The van der Waals surface area contributed by atoms with Crippen LogP contribution < -0.4 is 5.73 Å². The summed E-state index contributed by atoms with van der Waals surface area (Å²) < 4.78 is 1.05. The number of hydrogen-bond acceptors (Lipinski definition) is 2. The van der Waals surface area contributed by atoms with E-state index in [0.29, 0.717) is 6.42 Å². The van der Waals surface area contributed by atoms with Crippen LogP contribution in [0.25, 0.3) is 0 Å². The maximum atomic E-state index is 10.5. The van der Waals surface area contributed by atoms with E-state index >= 15 is 0 Å². The fourth-order valence-corrected chi connectivity index (χ4v) is 1.56. The van der Waals surface area contributed by atoms with E-state index in [0.717, 1.165) is 17.3 Å². The molecule has 1 aromatic rings. The molecule has 0 aliphatic heterocycles. The fourth-order valence-electron chi connectivity index (χ4n) is 1.30. The zero-order valence-corrected chi connectivity index (χ0v) is 9.90. The Morgan fingerprint density at radius 2 is 2.00 bits per heavy atom. The van der Waals surface area contributed by atoms with Crippen LogP contribution in [0.3, 0.4) is 0 Å². The number of aryl methyl sites for hydroxylation is 1. The van der Waals surface area contributed by atoms with Crippen LogP contribution in [0.1, 0.15) is 18.4 Å². The number of rotatable bonds is 5. The van der Waals surface area contributed by atoms with Crippen LogP contribution in [-0.4, -0.2) is 17.1 Å². The van der Waals surface area contributed by atoms with Crippen LogP contribution in [-0.2, 0) is 11.2 Å². The van der Waals surface area contributed by atoms with Gasteiger partial charge in [0, 0.05) is 4.47 Å². The standard InChI is InChI=1S/C11H14BrNO2/c12-9-6-4-8(5-7-9)2-1-3-10(13)11(14)15/h4-7,10H,1-3,13H2,(H,14,15). The van der Waals surface area contributed by atoms with Gasteiger partial charge in [-0.25, -0.2) is 0 Å². The van der Waals surface area contributed by atoms with Gasteiger partial charge in [0.2, 0.25) is 0 Å². The molecule has 0 aliphatic carbocycles. The number of nitrogens with two attached hydrogens (primary N) is 1. The fraction of sp³-hybridized carbons (Fsp3) is 0.364. The molecular formula is C11H14BrNO2. The first-order valence-corrected chi connectivity index (χ1v) is 5.61. The van der Waals surface area contributed by atoms with Crippen molar-refractivity contribution >= 4 is 21.9 Å². The number of carboxylic acid groups (broad SMARTS) is 1. The van der Waals surface area contributed by atoms with E-state index in [1.807, 2.05) is 24.3 Å². The first kappa shape index (κ1) is 12.2. The Morgan fingerprint density at radius 1 is 1.40 bits per heavy atom. The van der Waals surface area contributed by atoms with Gasteiger partial charge in [0.25, 0.3) is 0 Å². The van der Waals surface area contributed by atoms with E-state index in [9.17, 15) is 4.79 Å². The summed E-state index contributed by atoms with van der Waals surface area (Å²) in [6.07, 6.45) is 2.19. The first-order valence-electron chi connectivity index (χ1n) is 4.82. The summed E-state index contributed by atoms with van der Waals surface area (Å²) >= 11 is 3.36. The molecule has 0 amide bonds. The lowest BCUT2D eigenvalue weighted by atomic mass is 10.1. The van der Waals surface area contributed by atoms with Gasteiger partial charge < -0.3 is 10.8 Å². The van der Waals surface area contributed by atoms with E-state index in [2.05, 4.69) is 15.9 Å². The van der Waals surface area contributed by atoms with Crippen molar-refractivity contribution in [3.8, 4) is 0 Å². The Morgan fingerprint density at radius 3 is 2.53 bits per heavy atom. The van der Waals surface area contributed by atoms with E-state index in [-0.39, 0.29) is 0 Å². The molecule has 0 fully saturated rings. The molecule has 0 saturated heterocycles. The Labute approximate surface area is 97.4 Å². The predicted molar refractivity (Wildman–Crippen MR) is 62.7 cm³/mol. The SMILES string of the molecule is NC(CCCc1ccc(Br)cc1)C(=O)O. The Kier molecular flexibility index (Phi) is 4.78. The van der Waals surface area contributed by atoms with Gasteiger partial charge in [-0.15, -0.1) is 0 Å². The molecule has 15 heavy (non-hydrogen) atoms. The van der Waals surface area contributed by atoms with Gasteiger partial charge in [0.15, 0.2) is 0 Å². The van der Waals surface area contributed by atoms with Crippen LogP contribution in [0.4, 0.5) is 0 Å². The normalized spacial score (nSPS) is 12.4. The highest BCUT2D eigenvalue weighted by Gasteiger charge is 2.10. The van der Waals surface area contributed by atoms with Gasteiger partial charge in [-0.2, -0.15) is 0 Å². The maximum Gasteiger partial charge on any atom is 0.320 e. The average Bonchev–Trinajstić information content (AvgIpc) is 2.20. The molecule has 3 N–H and O–H groups in total. The molecular weight excluding hydrogens is 258 g/mol. The Balaban J connectivity index is 2.32. The number of carbonyl (C=O) groups is 1. The molecule has 0 aromatic heterocycles. The van der Waals surface area contributed by atoms with Crippen molar-refractivity contribution in [3.05, 3.63) is 34.3 Å². The van der Waals surface area contributed by atoms with Gasteiger partial charge in [0.05, 0.1) is 0 Å². The first-order chi connectivity index (χ1) is 7.09. The highest BCUT2D eigenvalue weighted by Crippen LogP contribution is 2.12. The van der Waals surface area contributed by atoms with Crippen LogP contribution in [0, 0.1) is 0 Å². The third-order valence-corrected chi connectivity index (χ3v) is 2.74. The lowest BCUT2D eigenvalue weighted by Gasteiger charge is -2.05. The third-order valence-electron chi connectivity index (χ3n) is 2.21. The predicted octanol–water partition coefficient (Wildman–Crippen LogP) is 2.18. The molecule has 1 unspecified atom stereocenters. The van der Waals surface area contributed by atoms with Crippen molar-refractivity contribution in [1.82, 2.24) is 0 Å². The largest absolute Gasteiger partial charge is 0.480 e. The molecule has 0 aliphatic rings. The van der Waals surface area contributed by atoms with Crippen LogP contribution in [0.15, 0.2) is 28.7 Å². The summed E-state index contributed by atoms with van der Waals surface area (Å²) in [4.78, 5) is 10.5. The molecule has 3 nitrogen and oxygen atoms in total. The van der Waals surface area contributed by atoms with Crippen LogP contribution in [0.2, 0.25) is 0 Å². The van der Waals surface area contributed by atoms with Crippen LogP contribution >= 0.6 is 15.9 Å². The molecule has 1 atom stereocenters. The number of halogens is 1. The number of carboxylic acids is 1. The summed E-state index contributed by atoms with van der Waals surface area (Å²) in [7, 11) is 0. The van der Waals surface area contributed by atoms with Crippen molar-refractivity contribution in [2.24, 2.45) is 5.73 Å². The van der Waals surface area contributed by atoms with Crippen molar-refractivity contribution in [2.45, 2.75) is 25.3 Å². The van der Waals surface area contributed by atoms with Gasteiger partial charge in [-0.05, 0) is 37.0 Å². The van der Waals surface area contributed by atoms with Gasteiger partial charge in [0.1, 0.15) is 6.04 Å². The van der Waals surface area contributed by atoms with Crippen LogP contribution in [0.5, 0.6) is 0 Å². The van der Waals surface area contributed by atoms with Gasteiger partial charge in [-0.1, -0.05) is 28.1 Å². The number of aliphatic carboxylic acids is 1. The Bertz CT molecular complexity index is 324.